The number of furan rings is 1. The molecular formula is C12H8N2O. The third-order valence-corrected chi connectivity index (χ3v) is 2.32. The number of pyridine rings is 2. The summed E-state index contributed by atoms with van der Waals surface area (Å²) in [5.74, 6) is 0. The van der Waals surface area contributed by atoms with E-state index >= 15 is 0 Å². The van der Waals surface area contributed by atoms with Gasteiger partial charge in [0, 0.05) is 24.2 Å². The van der Waals surface area contributed by atoms with Crippen LogP contribution in [-0.4, -0.2) is 9.97 Å². The average molecular weight is 196 g/mol. The monoisotopic (exact) mass is 196 g/mol. The second-order valence-corrected chi connectivity index (χ2v) is 3.24. The van der Waals surface area contributed by atoms with Crippen molar-refractivity contribution in [3.8, 4) is 11.1 Å². The Kier molecular flexibility index (Phi) is 1.75. The van der Waals surface area contributed by atoms with Crippen molar-refractivity contribution in [1.29, 1.82) is 0 Å². The van der Waals surface area contributed by atoms with E-state index in [0.717, 1.165) is 22.2 Å². The van der Waals surface area contributed by atoms with Crippen molar-refractivity contribution in [2.45, 2.75) is 0 Å². The fraction of sp³-hybridized carbons (Fsp3) is 0. The lowest BCUT2D eigenvalue weighted by Gasteiger charge is -1.95. The van der Waals surface area contributed by atoms with Crippen molar-refractivity contribution in [2.75, 3.05) is 0 Å². The SMILES string of the molecule is c1cnc2c(-c3ccncc3)coc2c1. The standard InChI is InChI=1S/C12H8N2O/c1-2-11-12(14-5-1)10(8-15-11)9-3-6-13-7-4-9/h1-8H. The van der Waals surface area contributed by atoms with E-state index in [1.807, 2.05) is 24.3 Å². The summed E-state index contributed by atoms with van der Waals surface area (Å²) in [7, 11) is 0. The van der Waals surface area contributed by atoms with Crippen LogP contribution in [0.2, 0.25) is 0 Å². The van der Waals surface area contributed by atoms with Crippen molar-refractivity contribution in [1.82, 2.24) is 9.97 Å². The summed E-state index contributed by atoms with van der Waals surface area (Å²) in [6.45, 7) is 0. The highest BCUT2D eigenvalue weighted by atomic mass is 16.3. The average Bonchev–Trinajstić information content (AvgIpc) is 2.74. The normalized spacial score (nSPS) is 10.7. The minimum absolute atomic E-state index is 0.810. The van der Waals surface area contributed by atoms with Gasteiger partial charge >= 0.3 is 0 Å². The molecule has 0 saturated heterocycles. The Morgan fingerprint density at radius 2 is 1.87 bits per heavy atom. The van der Waals surface area contributed by atoms with Gasteiger partial charge in [-0.2, -0.15) is 0 Å². The zero-order chi connectivity index (χ0) is 10.1. The van der Waals surface area contributed by atoms with E-state index in [-0.39, 0.29) is 0 Å². The van der Waals surface area contributed by atoms with Crippen LogP contribution in [0.5, 0.6) is 0 Å². The molecule has 0 aliphatic rings. The first kappa shape index (κ1) is 8.17. The molecule has 0 spiro atoms. The third kappa shape index (κ3) is 1.29. The lowest BCUT2D eigenvalue weighted by atomic mass is 10.1. The van der Waals surface area contributed by atoms with E-state index in [2.05, 4.69) is 9.97 Å². The van der Waals surface area contributed by atoms with Gasteiger partial charge in [-0.3, -0.25) is 9.97 Å². The van der Waals surface area contributed by atoms with Crippen molar-refractivity contribution >= 4 is 11.1 Å². The summed E-state index contributed by atoms with van der Waals surface area (Å²) in [4.78, 5) is 8.29. The largest absolute Gasteiger partial charge is 0.462 e. The lowest BCUT2D eigenvalue weighted by Crippen LogP contribution is -1.78. The van der Waals surface area contributed by atoms with Gasteiger partial charge in [-0.1, -0.05) is 0 Å². The highest BCUT2D eigenvalue weighted by molar-refractivity contribution is 5.90. The van der Waals surface area contributed by atoms with Gasteiger partial charge in [0.2, 0.25) is 0 Å². The van der Waals surface area contributed by atoms with Crippen LogP contribution in [-0.2, 0) is 0 Å². The molecule has 72 valence electrons. The summed E-state index contributed by atoms with van der Waals surface area (Å²) in [6, 6.07) is 7.66. The number of aromatic nitrogens is 2. The molecule has 0 amide bonds. The molecule has 0 fully saturated rings. The first-order valence-electron chi connectivity index (χ1n) is 4.68. The molecule has 3 heterocycles. The number of nitrogens with zero attached hydrogens (tertiary/aromatic N) is 2. The van der Waals surface area contributed by atoms with Gasteiger partial charge in [0.25, 0.3) is 0 Å². The fourth-order valence-electron chi connectivity index (χ4n) is 1.60. The van der Waals surface area contributed by atoms with Crippen LogP contribution in [0.4, 0.5) is 0 Å². The smallest absolute Gasteiger partial charge is 0.152 e. The summed E-state index contributed by atoms with van der Waals surface area (Å²) in [5.41, 5.74) is 3.78. The molecule has 0 unspecified atom stereocenters. The van der Waals surface area contributed by atoms with E-state index in [4.69, 9.17) is 4.42 Å². The zero-order valence-corrected chi connectivity index (χ0v) is 7.92. The van der Waals surface area contributed by atoms with Crippen LogP contribution < -0.4 is 0 Å². The zero-order valence-electron chi connectivity index (χ0n) is 7.92. The molecule has 15 heavy (non-hydrogen) atoms. The van der Waals surface area contributed by atoms with Crippen molar-refractivity contribution in [2.24, 2.45) is 0 Å². The molecule has 0 N–H and O–H groups in total. The first-order chi connectivity index (χ1) is 7.45. The molecule has 0 saturated carbocycles. The molecule has 3 aromatic rings. The Balaban J connectivity index is 2.28. The van der Waals surface area contributed by atoms with Gasteiger partial charge in [-0.05, 0) is 29.8 Å². The van der Waals surface area contributed by atoms with Crippen LogP contribution in [0.1, 0.15) is 0 Å². The van der Waals surface area contributed by atoms with E-state index in [9.17, 15) is 0 Å². The minimum Gasteiger partial charge on any atom is -0.462 e. The number of hydrogen-bond donors (Lipinski definition) is 0. The molecule has 0 atom stereocenters. The Morgan fingerprint density at radius 1 is 1.00 bits per heavy atom. The minimum atomic E-state index is 0.810. The summed E-state index contributed by atoms with van der Waals surface area (Å²) in [6.07, 6.45) is 7.02. The van der Waals surface area contributed by atoms with Gasteiger partial charge in [-0.25, -0.2) is 0 Å². The van der Waals surface area contributed by atoms with E-state index in [1.165, 1.54) is 0 Å². The molecule has 3 rings (SSSR count). The predicted molar refractivity (Wildman–Crippen MR) is 57.2 cm³/mol. The quantitative estimate of drug-likeness (QED) is 0.600. The van der Waals surface area contributed by atoms with Crippen LogP contribution in [0.25, 0.3) is 22.2 Å². The predicted octanol–water partition coefficient (Wildman–Crippen LogP) is 2.89. The van der Waals surface area contributed by atoms with Gasteiger partial charge in [0.05, 0.1) is 0 Å². The second kappa shape index (κ2) is 3.20. The summed E-state index contributed by atoms with van der Waals surface area (Å²) in [5, 5.41) is 0. The van der Waals surface area contributed by atoms with E-state index < -0.39 is 0 Å². The maximum atomic E-state index is 5.42. The molecular weight excluding hydrogens is 188 g/mol. The summed E-state index contributed by atoms with van der Waals surface area (Å²) >= 11 is 0. The lowest BCUT2D eigenvalue weighted by molar-refractivity contribution is 0.616. The van der Waals surface area contributed by atoms with Crippen molar-refractivity contribution < 1.29 is 4.42 Å². The van der Waals surface area contributed by atoms with E-state index in [0.29, 0.717) is 0 Å². The Bertz CT molecular complexity index is 587. The second-order valence-electron chi connectivity index (χ2n) is 3.24. The van der Waals surface area contributed by atoms with Gasteiger partial charge < -0.3 is 4.42 Å². The molecule has 3 nitrogen and oxygen atoms in total. The van der Waals surface area contributed by atoms with E-state index in [1.54, 1.807) is 24.9 Å². The molecule has 0 aliphatic carbocycles. The highest BCUT2D eigenvalue weighted by Crippen LogP contribution is 2.27. The Hall–Kier alpha value is -2.16. The van der Waals surface area contributed by atoms with Gasteiger partial charge in [0.15, 0.2) is 5.58 Å². The van der Waals surface area contributed by atoms with Gasteiger partial charge in [0.1, 0.15) is 11.8 Å². The molecule has 3 heteroatoms. The maximum Gasteiger partial charge on any atom is 0.152 e. The summed E-state index contributed by atoms with van der Waals surface area (Å²) < 4.78 is 5.42. The molecule has 0 aromatic carbocycles. The molecule has 3 aromatic heterocycles. The Labute approximate surface area is 86.4 Å². The van der Waals surface area contributed by atoms with Crippen LogP contribution in [0.15, 0.2) is 53.5 Å². The van der Waals surface area contributed by atoms with Crippen LogP contribution in [0.3, 0.4) is 0 Å². The fourth-order valence-corrected chi connectivity index (χ4v) is 1.60. The first-order valence-corrected chi connectivity index (χ1v) is 4.68. The topological polar surface area (TPSA) is 38.9 Å². The van der Waals surface area contributed by atoms with Crippen LogP contribution >= 0.6 is 0 Å². The molecule has 0 aliphatic heterocycles. The van der Waals surface area contributed by atoms with Crippen molar-refractivity contribution in [3.05, 3.63) is 49.1 Å². The Morgan fingerprint density at radius 3 is 2.73 bits per heavy atom. The highest BCUT2D eigenvalue weighted by Gasteiger charge is 2.07. The molecule has 0 bridgehead atoms. The van der Waals surface area contributed by atoms with Crippen molar-refractivity contribution in [3.63, 3.8) is 0 Å². The van der Waals surface area contributed by atoms with Gasteiger partial charge in [-0.15, -0.1) is 0 Å². The van der Waals surface area contributed by atoms with Crippen LogP contribution in [0, 0.1) is 0 Å². The third-order valence-electron chi connectivity index (χ3n) is 2.32. The maximum absolute atomic E-state index is 5.42. The number of hydrogen-bond acceptors (Lipinski definition) is 3. The molecule has 0 radical (unpaired) electrons. The number of fused-ring (bicyclic) bond motifs is 1. The number of rotatable bonds is 1.